The maximum atomic E-state index is 13.9. The first-order valence-electron chi connectivity index (χ1n) is 8.28. The third-order valence-electron chi connectivity index (χ3n) is 4.98. The van der Waals surface area contributed by atoms with E-state index in [2.05, 4.69) is 5.32 Å². The number of hydrogen-bond acceptors (Lipinski definition) is 6. The van der Waals surface area contributed by atoms with Gasteiger partial charge in [-0.05, 0) is 25.0 Å². The van der Waals surface area contributed by atoms with Gasteiger partial charge in [0.15, 0.2) is 5.79 Å². The van der Waals surface area contributed by atoms with E-state index in [4.69, 9.17) is 14.7 Å². The van der Waals surface area contributed by atoms with Crippen LogP contribution in [0.1, 0.15) is 31.2 Å². The molecule has 7 nitrogen and oxygen atoms in total. The summed E-state index contributed by atoms with van der Waals surface area (Å²) in [5.74, 6) is -0.730. The fourth-order valence-electron chi connectivity index (χ4n) is 3.73. The van der Waals surface area contributed by atoms with Gasteiger partial charge in [0, 0.05) is 30.9 Å². The van der Waals surface area contributed by atoms with Crippen molar-refractivity contribution in [2.45, 2.75) is 31.5 Å². The van der Waals surface area contributed by atoms with Gasteiger partial charge in [-0.2, -0.15) is 5.26 Å². The summed E-state index contributed by atoms with van der Waals surface area (Å²) < 4.78 is 25.4. The highest BCUT2D eigenvalue weighted by Crippen LogP contribution is 2.46. The van der Waals surface area contributed by atoms with Gasteiger partial charge < -0.3 is 14.8 Å². The summed E-state index contributed by atoms with van der Waals surface area (Å²) in [5.41, 5.74) is -0.305. The number of hydrogen-bond donors (Lipinski definition) is 1. The highest BCUT2D eigenvalue weighted by atomic mass is 19.1. The maximum Gasteiger partial charge on any atom is 0.292 e. The third-order valence-corrected chi connectivity index (χ3v) is 4.98. The van der Waals surface area contributed by atoms with Crippen molar-refractivity contribution in [2.24, 2.45) is 5.41 Å². The largest absolute Gasteiger partial charge is 0.379 e. The Morgan fingerprint density at radius 1 is 1.36 bits per heavy atom. The van der Waals surface area contributed by atoms with Crippen LogP contribution < -0.4 is 5.32 Å². The normalized spacial score (nSPS) is 24.8. The molecule has 0 unspecified atom stereocenters. The van der Waals surface area contributed by atoms with Crippen LogP contribution in [0.15, 0.2) is 18.2 Å². The Hall–Kier alpha value is -2.24. The van der Waals surface area contributed by atoms with Gasteiger partial charge in [-0.15, -0.1) is 0 Å². The van der Waals surface area contributed by atoms with Crippen molar-refractivity contribution in [3.8, 4) is 6.07 Å². The molecule has 0 aromatic heterocycles. The standard InChI is InChI=1S/C17H20FN3O4/c18-11-16(4-1-5-17(10-16)24-6-7-25-17)12-20-14-8-13(9-19)2-3-15(14)21(22)23/h2-3,8,20H,1,4-7,10-12H2/t16-/m0/s1. The van der Waals surface area contributed by atoms with Crippen molar-refractivity contribution in [3.05, 3.63) is 33.9 Å². The highest BCUT2D eigenvalue weighted by Gasteiger charge is 2.48. The Balaban J connectivity index is 1.79. The molecular weight excluding hydrogens is 329 g/mol. The summed E-state index contributed by atoms with van der Waals surface area (Å²) in [4.78, 5) is 10.7. The molecule has 1 aromatic rings. The number of nitro groups is 1. The van der Waals surface area contributed by atoms with Gasteiger partial charge in [-0.3, -0.25) is 14.5 Å². The van der Waals surface area contributed by atoms with E-state index in [1.54, 1.807) is 0 Å². The van der Waals surface area contributed by atoms with Crippen molar-refractivity contribution < 1.29 is 18.8 Å². The summed E-state index contributed by atoms with van der Waals surface area (Å²) in [6.45, 7) is 0.658. The first-order chi connectivity index (χ1) is 12.0. The molecule has 1 atom stereocenters. The topological polar surface area (TPSA) is 97.4 Å². The van der Waals surface area contributed by atoms with Gasteiger partial charge in [0.2, 0.25) is 0 Å². The second-order valence-corrected chi connectivity index (χ2v) is 6.73. The monoisotopic (exact) mass is 349 g/mol. The molecule has 25 heavy (non-hydrogen) atoms. The molecular formula is C17H20FN3O4. The van der Waals surface area contributed by atoms with Gasteiger partial charge in [0.05, 0.1) is 36.4 Å². The van der Waals surface area contributed by atoms with E-state index in [9.17, 15) is 14.5 Å². The van der Waals surface area contributed by atoms with Crippen molar-refractivity contribution in [2.75, 3.05) is 31.7 Å². The molecule has 3 rings (SSSR count). The molecule has 1 spiro atoms. The fraction of sp³-hybridized carbons (Fsp3) is 0.588. The zero-order chi connectivity index (χ0) is 17.9. The minimum atomic E-state index is -0.730. The Labute approximate surface area is 144 Å². The van der Waals surface area contributed by atoms with E-state index in [1.807, 2.05) is 6.07 Å². The highest BCUT2D eigenvalue weighted by molar-refractivity contribution is 5.64. The lowest BCUT2D eigenvalue weighted by molar-refractivity contribution is -0.384. The summed E-state index contributed by atoms with van der Waals surface area (Å²) in [7, 11) is 0. The molecule has 1 heterocycles. The summed E-state index contributed by atoms with van der Waals surface area (Å²) in [6.07, 6.45) is 2.57. The van der Waals surface area contributed by atoms with E-state index in [0.29, 0.717) is 31.6 Å². The predicted octanol–water partition coefficient (Wildman–Crippen LogP) is 3.15. The van der Waals surface area contributed by atoms with Gasteiger partial charge in [-0.25, -0.2) is 0 Å². The molecule has 0 amide bonds. The Morgan fingerprint density at radius 2 is 2.12 bits per heavy atom. The average Bonchev–Trinajstić information content (AvgIpc) is 3.07. The minimum absolute atomic E-state index is 0.133. The quantitative estimate of drug-likeness (QED) is 0.648. The van der Waals surface area contributed by atoms with Crippen LogP contribution in [-0.4, -0.2) is 37.1 Å². The average molecular weight is 349 g/mol. The second kappa shape index (κ2) is 6.94. The number of nitro benzene ring substituents is 1. The van der Waals surface area contributed by atoms with Gasteiger partial charge in [0.25, 0.3) is 5.69 Å². The molecule has 1 N–H and O–H groups in total. The smallest absolute Gasteiger partial charge is 0.292 e. The molecule has 1 aliphatic heterocycles. The molecule has 0 bridgehead atoms. The van der Waals surface area contributed by atoms with E-state index < -0.39 is 22.8 Å². The fourth-order valence-corrected chi connectivity index (χ4v) is 3.73. The number of alkyl halides is 1. The number of halogens is 1. The number of benzene rings is 1. The van der Waals surface area contributed by atoms with E-state index >= 15 is 0 Å². The third kappa shape index (κ3) is 3.57. The van der Waals surface area contributed by atoms with Crippen LogP contribution in [0.5, 0.6) is 0 Å². The summed E-state index contributed by atoms with van der Waals surface area (Å²) >= 11 is 0. The zero-order valence-electron chi connectivity index (χ0n) is 13.8. The van der Waals surface area contributed by atoms with E-state index in [1.165, 1.54) is 18.2 Å². The second-order valence-electron chi connectivity index (χ2n) is 6.73. The number of nitrogens with one attached hydrogen (secondary N) is 1. The van der Waals surface area contributed by atoms with E-state index in [0.717, 1.165) is 12.8 Å². The van der Waals surface area contributed by atoms with Crippen LogP contribution in [0, 0.1) is 26.9 Å². The molecule has 1 saturated heterocycles. The van der Waals surface area contributed by atoms with E-state index in [-0.39, 0.29) is 17.9 Å². The van der Waals surface area contributed by atoms with Crippen LogP contribution >= 0.6 is 0 Å². The van der Waals surface area contributed by atoms with Crippen molar-refractivity contribution in [1.29, 1.82) is 5.26 Å². The Bertz CT molecular complexity index is 700. The predicted molar refractivity (Wildman–Crippen MR) is 87.8 cm³/mol. The summed E-state index contributed by atoms with van der Waals surface area (Å²) in [6, 6.07) is 6.06. The molecule has 1 aromatic carbocycles. The van der Waals surface area contributed by atoms with Crippen molar-refractivity contribution in [3.63, 3.8) is 0 Å². The lowest BCUT2D eigenvalue weighted by Crippen LogP contribution is -2.46. The lowest BCUT2D eigenvalue weighted by Gasteiger charge is -2.43. The first kappa shape index (κ1) is 17.6. The summed E-state index contributed by atoms with van der Waals surface area (Å²) in [5, 5.41) is 23.2. The van der Waals surface area contributed by atoms with Crippen LogP contribution in [0.4, 0.5) is 15.8 Å². The zero-order valence-corrected chi connectivity index (χ0v) is 13.8. The maximum absolute atomic E-state index is 13.9. The molecule has 2 fully saturated rings. The van der Waals surface area contributed by atoms with Gasteiger partial charge in [0.1, 0.15) is 5.69 Å². The van der Waals surface area contributed by atoms with Gasteiger partial charge in [-0.1, -0.05) is 0 Å². The number of rotatable bonds is 5. The Kier molecular flexibility index (Phi) is 4.88. The lowest BCUT2D eigenvalue weighted by atomic mass is 9.72. The van der Waals surface area contributed by atoms with Crippen LogP contribution in [0.2, 0.25) is 0 Å². The number of ether oxygens (including phenoxy) is 2. The number of nitrogens with zero attached hydrogens (tertiary/aromatic N) is 2. The molecule has 1 saturated carbocycles. The van der Waals surface area contributed by atoms with Crippen LogP contribution in [0.3, 0.4) is 0 Å². The van der Waals surface area contributed by atoms with Crippen LogP contribution in [-0.2, 0) is 9.47 Å². The molecule has 0 radical (unpaired) electrons. The Morgan fingerprint density at radius 3 is 2.76 bits per heavy atom. The number of nitriles is 1. The number of anilines is 1. The minimum Gasteiger partial charge on any atom is -0.379 e. The SMILES string of the molecule is N#Cc1ccc([N+](=O)[O-])c(NC[C@@]2(CF)CCCC3(C2)OCCO3)c1. The van der Waals surface area contributed by atoms with Gasteiger partial charge >= 0.3 is 0 Å². The molecule has 1 aliphatic carbocycles. The van der Waals surface area contributed by atoms with Crippen molar-refractivity contribution >= 4 is 11.4 Å². The van der Waals surface area contributed by atoms with Crippen LogP contribution in [0.25, 0.3) is 0 Å². The molecule has 2 aliphatic rings. The molecule has 8 heteroatoms. The molecule has 134 valence electrons. The first-order valence-corrected chi connectivity index (χ1v) is 8.28. The van der Waals surface area contributed by atoms with Crippen molar-refractivity contribution in [1.82, 2.24) is 0 Å².